The summed E-state index contributed by atoms with van der Waals surface area (Å²) in [6, 6.07) is 8.20. The molecule has 2 unspecified atom stereocenters. The number of benzene rings is 1. The highest BCUT2D eigenvalue weighted by molar-refractivity contribution is 7.99. The minimum Gasteiger partial charge on any atom is -0.386 e. The smallest absolute Gasteiger partial charge is 0.105 e. The van der Waals surface area contributed by atoms with Crippen LogP contribution in [0.2, 0.25) is 5.02 Å². The summed E-state index contributed by atoms with van der Waals surface area (Å²) in [5.41, 5.74) is 1.86. The molecular formula is C15H17ClN2O2S. The molecular weight excluding hydrogens is 308 g/mol. The van der Waals surface area contributed by atoms with Gasteiger partial charge in [0.1, 0.15) is 6.10 Å². The SMILES string of the molecule is COCCn1ncc(Cl)c1C(O)C1CSc2ccccc21. The number of rotatable bonds is 5. The molecule has 1 aliphatic heterocycles. The number of methoxy groups -OCH3 is 1. The number of halogens is 1. The maximum atomic E-state index is 10.8. The van der Waals surface area contributed by atoms with Crippen LogP contribution in [0.25, 0.3) is 0 Å². The molecule has 6 heteroatoms. The fraction of sp³-hybridized carbons (Fsp3) is 0.400. The number of fused-ring (bicyclic) bond motifs is 1. The van der Waals surface area contributed by atoms with Crippen molar-refractivity contribution in [3.63, 3.8) is 0 Å². The van der Waals surface area contributed by atoms with Gasteiger partial charge in [-0.15, -0.1) is 11.8 Å². The first-order chi connectivity index (χ1) is 10.2. The number of hydrogen-bond acceptors (Lipinski definition) is 4. The molecule has 0 saturated heterocycles. The molecule has 2 aromatic rings. The molecule has 0 amide bonds. The van der Waals surface area contributed by atoms with Crippen molar-refractivity contribution in [1.29, 1.82) is 0 Å². The van der Waals surface area contributed by atoms with Crippen molar-refractivity contribution >= 4 is 23.4 Å². The van der Waals surface area contributed by atoms with Crippen LogP contribution in [0.15, 0.2) is 35.4 Å². The van der Waals surface area contributed by atoms with Gasteiger partial charge in [0.2, 0.25) is 0 Å². The molecule has 1 aromatic heterocycles. The van der Waals surface area contributed by atoms with Crippen molar-refractivity contribution in [2.24, 2.45) is 0 Å². The topological polar surface area (TPSA) is 47.3 Å². The van der Waals surface area contributed by atoms with E-state index in [1.807, 2.05) is 12.1 Å². The Hall–Kier alpha value is -1.01. The van der Waals surface area contributed by atoms with E-state index in [0.29, 0.717) is 23.9 Å². The van der Waals surface area contributed by atoms with Crippen LogP contribution in [0.1, 0.15) is 23.3 Å². The van der Waals surface area contributed by atoms with Gasteiger partial charge in [-0.25, -0.2) is 0 Å². The number of aliphatic hydroxyl groups excluding tert-OH is 1. The summed E-state index contributed by atoms with van der Waals surface area (Å²) >= 11 is 8.01. The monoisotopic (exact) mass is 324 g/mol. The van der Waals surface area contributed by atoms with Gasteiger partial charge in [0.25, 0.3) is 0 Å². The molecule has 2 heterocycles. The van der Waals surface area contributed by atoms with Gasteiger partial charge >= 0.3 is 0 Å². The van der Waals surface area contributed by atoms with Crippen LogP contribution in [-0.2, 0) is 11.3 Å². The molecule has 1 N–H and O–H groups in total. The zero-order chi connectivity index (χ0) is 14.8. The molecule has 112 valence electrons. The first-order valence-electron chi connectivity index (χ1n) is 6.82. The predicted octanol–water partition coefficient (Wildman–Crippen LogP) is 3.11. The Morgan fingerprint density at radius 1 is 1.52 bits per heavy atom. The van der Waals surface area contributed by atoms with E-state index in [9.17, 15) is 5.11 Å². The first kappa shape index (κ1) is 14.9. The van der Waals surface area contributed by atoms with Crippen LogP contribution in [-0.4, -0.2) is 34.4 Å². The minimum absolute atomic E-state index is 0.0432. The average molecular weight is 325 g/mol. The van der Waals surface area contributed by atoms with Crippen LogP contribution < -0.4 is 0 Å². The Morgan fingerprint density at radius 3 is 3.14 bits per heavy atom. The van der Waals surface area contributed by atoms with Crippen LogP contribution in [0.5, 0.6) is 0 Å². The highest BCUT2D eigenvalue weighted by Gasteiger charge is 2.33. The van der Waals surface area contributed by atoms with Crippen LogP contribution in [0, 0.1) is 0 Å². The third-order valence-electron chi connectivity index (χ3n) is 3.74. The molecule has 0 fully saturated rings. The summed E-state index contributed by atoms with van der Waals surface area (Å²) in [7, 11) is 1.64. The largest absolute Gasteiger partial charge is 0.386 e. The number of aliphatic hydroxyl groups is 1. The van der Waals surface area contributed by atoms with Crippen LogP contribution >= 0.6 is 23.4 Å². The average Bonchev–Trinajstić information content (AvgIpc) is 3.08. The van der Waals surface area contributed by atoms with Crippen molar-refractivity contribution in [2.75, 3.05) is 19.5 Å². The highest BCUT2D eigenvalue weighted by atomic mass is 35.5. The maximum Gasteiger partial charge on any atom is 0.105 e. The van der Waals surface area contributed by atoms with Gasteiger partial charge in [-0.05, 0) is 11.6 Å². The van der Waals surface area contributed by atoms with Crippen LogP contribution in [0.4, 0.5) is 0 Å². The number of hydrogen-bond donors (Lipinski definition) is 1. The molecule has 0 spiro atoms. The summed E-state index contributed by atoms with van der Waals surface area (Å²) in [4.78, 5) is 1.24. The van der Waals surface area contributed by atoms with E-state index in [1.165, 1.54) is 10.5 Å². The van der Waals surface area contributed by atoms with Crippen molar-refractivity contribution in [2.45, 2.75) is 23.5 Å². The Balaban J connectivity index is 1.89. The number of aromatic nitrogens is 2. The Labute approximate surface area is 133 Å². The lowest BCUT2D eigenvalue weighted by atomic mass is 9.93. The third-order valence-corrected chi connectivity index (χ3v) is 5.24. The highest BCUT2D eigenvalue weighted by Crippen LogP contribution is 2.46. The van der Waals surface area contributed by atoms with E-state index in [-0.39, 0.29) is 5.92 Å². The van der Waals surface area contributed by atoms with Crippen molar-refractivity contribution in [3.8, 4) is 0 Å². The molecule has 0 aliphatic carbocycles. The van der Waals surface area contributed by atoms with E-state index in [0.717, 1.165) is 5.75 Å². The zero-order valence-corrected chi connectivity index (χ0v) is 13.3. The predicted molar refractivity (Wildman–Crippen MR) is 84.0 cm³/mol. The first-order valence-corrected chi connectivity index (χ1v) is 8.18. The standard InChI is InChI=1S/C15H17ClN2O2S/c1-20-7-6-18-14(12(16)8-17-18)15(19)11-9-21-13-5-3-2-4-10(11)13/h2-5,8,11,15,19H,6-7,9H2,1H3. The summed E-state index contributed by atoms with van der Waals surface area (Å²) in [6.07, 6.45) is 0.928. The second kappa shape index (κ2) is 6.40. The summed E-state index contributed by atoms with van der Waals surface area (Å²) < 4.78 is 6.82. The van der Waals surface area contributed by atoms with Crippen LogP contribution in [0.3, 0.4) is 0 Å². The van der Waals surface area contributed by atoms with E-state index in [2.05, 4.69) is 17.2 Å². The Morgan fingerprint density at radius 2 is 2.33 bits per heavy atom. The maximum absolute atomic E-state index is 10.8. The Bertz CT molecular complexity index is 632. The molecule has 0 saturated carbocycles. The van der Waals surface area contributed by atoms with E-state index >= 15 is 0 Å². The van der Waals surface area contributed by atoms with Gasteiger partial charge in [-0.1, -0.05) is 29.8 Å². The quantitative estimate of drug-likeness (QED) is 0.918. The second-order valence-electron chi connectivity index (χ2n) is 4.99. The molecule has 4 nitrogen and oxygen atoms in total. The normalized spacial score (nSPS) is 18.7. The molecule has 0 bridgehead atoms. The van der Waals surface area contributed by atoms with Gasteiger partial charge in [0.05, 0.1) is 30.1 Å². The fourth-order valence-corrected chi connectivity index (χ4v) is 4.20. The van der Waals surface area contributed by atoms with Crippen molar-refractivity contribution in [1.82, 2.24) is 9.78 Å². The van der Waals surface area contributed by atoms with Crippen molar-refractivity contribution in [3.05, 3.63) is 46.7 Å². The van der Waals surface area contributed by atoms with Gasteiger partial charge in [-0.2, -0.15) is 5.10 Å². The summed E-state index contributed by atoms with van der Waals surface area (Å²) in [6.45, 7) is 1.12. The zero-order valence-electron chi connectivity index (χ0n) is 11.7. The van der Waals surface area contributed by atoms with Gasteiger partial charge in [-0.3, -0.25) is 4.68 Å². The van der Waals surface area contributed by atoms with Crippen molar-refractivity contribution < 1.29 is 9.84 Å². The van der Waals surface area contributed by atoms with Gasteiger partial charge in [0.15, 0.2) is 0 Å². The lowest BCUT2D eigenvalue weighted by Gasteiger charge is -2.20. The van der Waals surface area contributed by atoms with Gasteiger partial charge < -0.3 is 9.84 Å². The molecule has 3 rings (SSSR count). The minimum atomic E-state index is -0.659. The summed E-state index contributed by atoms with van der Waals surface area (Å²) in [5, 5.41) is 15.6. The fourth-order valence-electron chi connectivity index (χ4n) is 2.66. The lowest BCUT2D eigenvalue weighted by Crippen LogP contribution is -2.18. The molecule has 2 atom stereocenters. The summed E-state index contributed by atoms with van der Waals surface area (Å²) in [5.74, 6) is 0.897. The number of nitrogens with zero attached hydrogens (tertiary/aromatic N) is 2. The lowest BCUT2D eigenvalue weighted by molar-refractivity contribution is 0.135. The molecule has 1 aliphatic rings. The van der Waals surface area contributed by atoms with E-state index in [1.54, 1.807) is 29.8 Å². The third kappa shape index (κ3) is 2.83. The molecule has 0 radical (unpaired) electrons. The van der Waals surface area contributed by atoms with Gasteiger partial charge in [0, 0.05) is 23.7 Å². The van der Waals surface area contributed by atoms with E-state index < -0.39 is 6.10 Å². The number of ether oxygens (including phenoxy) is 1. The van der Waals surface area contributed by atoms with E-state index in [4.69, 9.17) is 16.3 Å². The molecule has 1 aromatic carbocycles. The molecule has 21 heavy (non-hydrogen) atoms. The number of thioether (sulfide) groups is 1. The Kier molecular flexibility index (Phi) is 4.54. The second-order valence-corrected chi connectivity index (χ2v) is 6.46.